The van der Waals surface area contributed by atoms with Crippen molar-refractivity contribution in [2.75, 3.05) is 6.61 Å². The van der Waals surface area contributed by atoms with Gasteiger partial charge in [-0.3, -0.25) is 0 Å². The second kappa shape index (κ2) is 4.36. The standard InChI is InChI=1S/C12H10F3NO2/c1-2-18-11(17)7-6-16-9-5-3-4-8(10(7)9)12(13,14)15/h3-6,16H,2H2,1H3. The SMILES string of the molecule is CCOC(=O)c1c[nH]c2cccc(C(F)(F)F)c12. The predicted octanol–water partition coefficient (Wildman–Crippen LogP) is 3.36. The van der Waals surface area contributed by atoms with E-state index in [1.54, 1.807) is 6.92 Å². The number of hydrogen-bond acceptors (Lipinski definition) is 2. The van der Waals surface area contributed by atoms with Crippen molar-refractivity contribution in [2.24, 2.45) is 0 Å². The number of rotatable bonds is 2. The van der Waals surface area contributed by atoms with Gasteiger partial charge in [-0.1, -0.05) is 6.07 Å². The largest absolute Gasteiger partial charge is 0.462 e. The van der Waals surface area contributed by atoms with Crippen LogP contribution < -0.4 is 0 Å². The average Bonchev–Trinajstić information content (AvgIpc) is 2.71. The van der Waals surface area contributed by atoms with Crippen LogP contribution in [-0.2, 0) is 10.9 Å². The van der Waals surface area contributed by atoms with Crippen molar-refractivity contribution in [2.45, 2.75) is 13.1 Å². The highest BCUT2D eigenvalue weighted by Gasteiger charge is 2.34. The maximum Gasteiger partial charge on any atom is 0.417 e. The molecule has 0 aliphatic rings. The molecule has 0 aliphatic heterocycles. The monoisotopic (exact) mass is 257 g/mol. The molecule has 0 bridgehead atoms. The highest BCUT2D eigenvalue weighted by molar-refractivity contribution is 6.05. The van der Waals surface area contributed by atoms with Gasteiger partial charge < -0.3 is 9.72 Å². The number of H-pyrrole nitrogens is 1. The maximum atomic E-state index is 12.9. The van der Waals surface area contributed by atoms with Crippen molar-refractivity contribution in [1.82, 2.24) is 4.98 Å². The fourth-order valence-corrected chi connectivity index (χ4v) is 1.79. The summed E-state index contributed by atoms with van der Waals surface area (Å²) in [7, 11) is 0. The zero-order valence-corrected chi connectivity index (χ0v) is 9.47. The van der Waals surface area contributed by atoms with Gasteiger partial charge in [0.25, 0.3) is 0 Å². The fourth-order valence-electron chi connectivity index (χ4n) is 1.79. The molecule has 0 atom stereocenters. The number of carbonyl (C=O) groups is 1. The molecule has 0 fully saturated rings. The highest BCUT2D eigenvalue weighted by Crippen LogP contribution is 2.36. The summed E-state index contributed by atoms with van der Waals surface area (Å²) in [6.45, 7) is 1.71. The summed E-state index contributed by atoms with van der Waals surface area (Å²) in [4.78, 5) is 14.2. The van der Waals surface area contributed by atoms with Gasteiger partial charge in [0.1, 0.15) is 0 Å². The number of nitrogens with one attached hydrogen (secondary N) is 1. The van der Waals surface area contributed by atoms with Gasteiger partial charge in [0.2, 0.25) is 0 Å². The van der Waals surface area contributed by atoms with E-state index in [0.717, 1.165) is 6.07 Å². The fraction of sp³-hybridized carbons (Fsp3) is 0.250. The molecule has 96 valence electrons. The van der Waals surface area contributed by atoms with Gasteiger partial charge in [0.15, 0.2) is 0 Å². The van der Waals surface area contributed by atoms with Gasteiger partial charge in [0, 0.05) is 17.1 Å². The molecule has 3 nitrogen and oxygen atoms in total. The summed E-state index contributed by atoms with van der Waals surface area (Å²) < 4.78 is 43.3. The smallest absolute Gasteiger partial charge is 0.417 e. The molecule has 2 rings (SSSR count). The van der Waals surface area contributed by atoms with Crippen LogP contribution >= 0.6 is 0 Å². The third-order valence-corrected chi connectivity index (χ3v) is 2.51. The molecule has 1 aromatic carbocycles. The number of fused-ring (bicyclic) bond motifs is 1. The van der Waals surface area contributed by atoms with E-state index in [2.05, 4.69) is 4.98 Å². The molecular weight excluding hydrogens is 247 g/mol. The summed E-state index contributed by atoms with van der Waals surface area (Å²) in [6.07, 6.45) is -3.28. The molecule has 2 aromatic rings. The van der Waals surface area contributed by atoms with Crippen LogP contribution in [0.25, 0.3) is 10.9 Å². The summed E-state index contributed by atoms with van der Waals surface area (Å²) in [5, 5.41) is -0.150. The summed E-state index contributed by atoms with van der Waals surface area (Å²) in [6, 6.07) is 3.71. The van der Waals surface area contributed by atoms with Crippen molar-refractivity contribution >= 4 is 16.9 Å². The van der Waals surface area contributed by atoms with Gasteiger partial charge in [-0.05, 0) is 19.1 Å². The van der Waals surface area contributed by atoms with Crippen LogP contribution in [0, 0.1) is 0 Å². The third-order valence-electron chi connectivity index (χ3n) is 2.51. The molecule has 1 heterocycles. The van der Waals surface area contributed by atoms with Crippen molar-refractivity contribution in [3.8, 4) is 0 Å². The first-order chi connectivity index (χ1) is 8.45. The Morgan fingerprint density at radius 2 is 2.11 bits per heavy atom. The molecule has 0 spiro atoms. The minimum absolute atomic E-state index is 0.0974. The summed E-state index contributed by atoms with van der Waals surface area (Å²) >= 11 is 0. The molecule has 1 N–H and O–H groups in total. The molecule has 0 amide bonds. The maximum absolute atomic E-state index is 12.9. The quantitative estimate of drug-likeness (QED) is 0.838. The molecule has 1 aromatic heterocycles. The number of esters is 1. The summed E-state index contributed by atoms with van der Waals surface area (Å²) in [5.41, 5.74) is -0.683. The highest BCUT2D eigenvalue weighted by atomic mass is 19.4. The average molecular weight is 257 g/mol. The molecule has 0 saturated carbocycles. The Morgan fingerprint density at radius 1 is 1.39 bits per heavy atom. The van der Waals surface area contributed by atoms with Gasteiger partial charge in [0.05, 0.1) is 17.7 Å². The lowest BCUT2D eigenvalue weighted by molar-refractivity contribution is -0.136. The number of halogens is 3. The number of ether oxygens (including phenoxy) is 1. The lowest BCUT2D eigenvalue weighted by atomic mass is 10.1. The van der Waals surface area contributed by atoms with Crippen molar-refractivity contribution < 1.29 is 22.7 Å². The van der Waals surface area contributed by atoms with Crippen LogP contribution in [-0.4, -0.2) is 17.6 Å². The van der Waals surface area contributed by atoms with Crippen molar-refractivity contribution in [3.63, 3.8) is 0 Å². The van der Waals surface area contributed by atoms with Gasteiger partial charge in [-0.2, -0.15) is 13.2 Å². The minimum atomic E-state index is -4.51. The number of aromatic amines is 1. The zero-order valence-electron chi connectivity index (χ0n) is 9.47. The Labute approximate surface area is 101 Å². The second-order valence-electron chi connectivity index (χ2n) is 3.65. The van der Waals surface area contributed by atoms with Gasteiger partial charge in [-0.15, -0.1) is 0 Å². The third kappa shape index (κ3) is 2.05. The summed E-state index contributed by atoms with van der Waals surface area (Å²) in [5.74, 6) is -0.763. The van der Waals surface area contributed by atoms with Gasteiger partial charge >= 0.3 is 12.1 Å². The topological polar surface area (TPSA) is 42.1 Å². The van der Waals surface area contributed by atoms with E-state index in [0.29, 0.717) is 0 Å². The van der Waals surface area contributed by atoms with E-state index in [4.69, 9.17) is 4.74 Å². The Balaban J connectivity index is 2.66. The second-order valence-corrected chi connectivity index (χ2v) is 3.65. The Morgan fingerprint density at radius 3 is 2.72 bits per heavy atom. The number of aromatic nitrogens is 1. The van der Waals surface area contributed by atoms with Crippen LogP contribution in [0.3, 0.4) is 0 Å². The first-order valence-electron chi connectivity index (χ1n) is 5.29. The Kier molecular flexibility index (Phi) is 3.02. The lowest BCUT2D eigenvalue weighted by Crippen LogP contribution is -2.09. The van der Waals surface area contributed by atoms with E-state index in [1.807, 2.05) is 0 Å². The zero-order chi connectivity index (χ0) is 13.3. The van der Waals surface area contributed by atoms with Crippen LogP contribution in [0.2, 0.25) is 0 Å². The number of hydrogen-bond donors (Lipinski definition) is 1. The number of benzene rings is 1. The molecule has 0 aliphatic carbocycles. The molecule has 0 saturated heterocycles. The van der Waals surface area contributed by atoms with Crippen LogP contribution in [0.1, 0.15) is 22.8 Å². The molecule has 0 radical (unpaired) electrons. The normalized spacial score (nSPS) is 11.8. The molecule has 18 heavy (non-hydrogen) atoms. The Bertz CT molecular complexity index is 587. The lowest BCUT2D eigenvalue weighted by Gasteiger charge is -2.09. The molecule has 0 unspecified atom stereocenters. The minimum Gasteiger partial charge on any atom is -0.462 e. The van der Waals surface area contributed by atoms with Crippen LogP contribution in [0.5, 0.6) is 0 Å². The predicted molar refractivity (Wildman–Crippen MR) is 59.3 cm³/mol. The van der Waals surface area contributed by atoms with E-state index in [-0.39, 0.29) is 23.1 Å². The molecule has 6 heteroatoms. The number of alkyl halides is 3. The first kappa shape index (κ1) is 12.5. The van der Waals surface area contributed by atoms with E-state index < -0.39 is 17.7 Å². The van der Waals surface area contributed by atoms with E-state index in [9.17, 15) is 18.0 Å². The van der Waals surface area contributed by atoms with E-state index >= 15 is 0 Å². The first-order valence-corrected chi connectivity index (χ1v) is 5.29. The van der Waals surface area contributed by atoms with Crippen LogP contribution in [0.15, 0.2) is 24.4 Å². The van der Waals surface area contributed by atoms with E-state index in [1.165, 1.54) is 18.3 Å². The Hall–Kier alpha value is -1.98. The number of carbonyl (C=O) groups excluding carboxylic acids is 1. The molecular formula is C12H10F3NO2. The van der Waals surface area contributed by atoms with Crippen molar-refractivity contribution in [3.05, 3.63) is 35.5 Å². The van der Waals surface area contributed by atoms with Crippen molar-refractivity contribution in [1.29, 1.82) is 0 Å². The van der Waals surface area contributed by atoms with Crippen LogP contribution in [0.4, 0.5) is 13.2 Å². The van der Waals surface area contributed by atoms with Gasteiger partial charge in [-0.25, -0.2) is 4.79 Å².